The summed E-state index contributed by atoms with van der Waals surface area (Å²) < 4.78 is 1.94. The number of halogens is 3. The van der Waals surface area contributed by atoms with Gasteiger partial charge in [-0.25, -0.2) is 4.98 Å². The average Bonchev–Trinajstić information content (AvgIpc) is 2.79. The number of benzene rings is 2. The summed E-state index contributed by atoms with van der Waals surface area (Å²) >= 11 is 18.4. The van der Waals surface area contributed by atoms with Gasteiger partial charge in [0.2, 0.25) is 0 Å². The predicted octanol–water partition coefficient (Wildman–Crippen LogP) is 5.07. The highest BCUT2D eigenvalue weighted by atomic mass is 35.5. The summed E-state index contributed by atoms with van der Waals surface area (Å²) in [6.45, 7) is 0. The van der Waals surface area contributed by atoms with Crippen molar-refractivity contribution in [1.82, 2.24) is 9.55 Å². The summed E-state index contributed by atoms with van der Waals surface area (Å²) in [5.41, 5.74) is 2.49. The first-order chi connectivity index (χ1) is 9.22. The minimum absolute atomic E-state index is 0.288. The second-order valence-electron chi connectivity index (χ2n) is 4.06. The highest BCUT2D eigenvalue weighted by Crippen LogP contribution is 2.30. The Morgan fingerprint density at radius 3 is 2.42 bits per heavy atom. The fourth-order valence-corrected chi connectivity index (χ4v) is 2.72. The first-order valence-corrected chi connectivity index (χ1v) is 6.98. The molecule has 1 aromatic heterocycles. The molecule has 0 atom stereocenters. The zero-order valence-electron chi connectivity index (χ0n) is 9.78. The summed E-state index contributed by atoms with van der Waals surface area (Å²) in [5.74, 6) is 1.01. The molecule has 0 bridgehead atoms. The van der Waals surface area contributed by atoms with Crippen LogP contribution in [0.4, 0.5) is 0 Å². The van der Waals surface area contributed by atoms with Crippen LogP contribution >= 0.6 is 34.8 Å². The lowest BCUT2D eigenvalue weighted by Crippen LogP contribution is -1.99. The van der Waals surface area contributed by atoms with Crippen LogP contribution in [0.5, 0.6) is 0 Å². The lowest BCUT2D eigenvalue weighted by molar-refractivity contribution is 0.982. The Hall–Kier alpha value is -1.22. The quantitative estimate of drug-likeness (QED) is 0.604. The molecule has 0 N–H and O–H groups in total. The van der Waals surface area contributed by atoms with Crippen molar-refractivity contribution in [3.63, 3.8) is 0 Å². The topological polar surface area (TPSA) is 17.8 Å². The molecule has 96 valence electrons. The zero-order chi connectivity index (χ0) is 13.4. The molecular weight excluding hydrogens is 303 g/mol. The Morgan fingerprint density at radius 2 is 1.68 bits per heavy atom. The molecule has 0 radical (unpaired) electrons. The molecule has 1 heterocycles. The average molecular weight is 312 g/mol. The monoisotopic (exact) mass is 310 g/mol. The predicted molar refractivity (Wildman–Crippen MR) is 80.6 cm³/mol. The van der Waals surface area contributed by atoms with Gasteiger partial charge in [-0.05, 0) is 24.3 Å². The van der Waals surface area contributed by atoms with Gasteiger partial charge in [-0.1, -0.05) is 41.4 Å². The first-order valence-electron chi connectivity index (χ1n) is 5.69. The van der Waals surface area contributed by atoms with Gasteiger partial charge in [0.15, 0.2) is 0 Å². The van der Waals surface area contributed by atoms with Crippen molar-refractivity contribution in [2.75, 3.05) is 0 Å². The smallest absolute Gasteiger partial charge is 0.129 e. The van der Waals surface area contributed by atoms with Gasteiger partial charge < -0.3 is 0 Å². The van der Waals surface area contributed by atoms with E-state index in [4.69, 9.17) is 34.8 Å². The van der Waals surface area contributed by atoms with Crippen molar-refractivity contribution in [2.24, 2.45) is 0 Å². The Morgan fingerprint density at radius 1 is 0.947 bits per heavy atom. The number of alkyl halides is 1. The number of imidazole rings is 1. The van der Waals surface area contributed by atoms with Crippen LogP contribution in [-0.2, 0) is 5.88 Å². The van der Waals surface area contributed by atoms with Crippen molar-refractivity contribution in [3.05, 3.63) is 58.3 Å². The van der Waals surface area contributed by atoms with Crippen LogP contribution in [-0.4, -0.2) is 9.55 Å². The minimum Gasteiger partial charge on any atom is -0.294 e. The molecule has 2 nitrogen and oxygen atoms in total. The van der Waals surface area contributed by atoms with Crippen LogP contribution in [0.3, 0.4) is 0 Å². The molecule has 0 saturated heterocycles. The van der Waals surface area contributed by atoms with Crippen molar-refractivity contribution >= 4 is 45.8 Å². The summed E-state index contributed by atoms with van der Waals surface area (Å²) in [4.78, 5) is 4.49. The number of fused-ring (bicyclic) bond motifs is 1. The Balaban J connectivity index is 2.40. The van der Waals surface area contributed by atoms with E-state index in [-0.39, 0.29) is 5.88 Å². The third-order valence-electron chi connectivity index (χ3n) is 2.92. The summed E-state index contributed by atoms with van der Waals surface area (Å²) in [6.07, 6.45) is 0. The van der Waals surface area contributed by atoms with Crippen molar-refractivity contribution in [3.8, 4) is 5.69 Å². The molecule has 19 heavy (non-hydrogen) atoms. The van der Waals surface area contributed by atoms with Crippen LogP contribution in [0.1, 0.15) is 5.82 Å². The number of nitrogens with zero attached hydrogens (tertiary/aromatic N) is 2. The molecule has 0 aliphatic heterocycles. The molecule has 3 aromatic rings. The van der Waals surface area contributed by atoms with Gasteiger partial charge in [0.05, 0.1) is 27.1 Å². The van der Waals surface area contributed by atoms with E-state index in [1.165, 1.54) is 0 Å². The van der Waals surface area contributed by atoms with Gasteiger partial charge >= 0.3 is 0 Å². The number of para-hydroxylation sites is 2. The maximum Gasteiger partial charge on any atom is 0.129 e. The van der Waals surface area contributed by atoms with Gasteiger partial charge in [-0.3, -0.25) is 4.57 Å². The standard InChI is InChI=1S/C14H9Cl3N2/c15-8-13-18-14-10(17)5-3-7-12(14)19(13)11-6-2-1-4-9(11)16/h1-7H,8H2. The van der Waals surface area contributed by atoms with E-state index in [0.29, 0.717) is 10.0 Å². The van der Waals surface area contributed by atoms with Crippen LogP contribution < -0.4 is 0 Å². The molecule has 0 saturated carbocycles. The normalized spacial score (nSPS) is 11.1. The number of rotatable bonds is 2. The number of hydrogen-bond acceptors (Lipinski definition) is 1. The van der Waals surface area contributed by atoms with Crippen molar-refractivity contribution in [1.29, 1.82) is 0 Å². The van der Waals surface area contributed by atoms with E-state index < -0.39 is 0 Å². The Kier molecular flexibility index (Phi) is 3.40. The number of hydrogen-bond donors (Lipinski definition) is 0. The first kappa shape index (κ1) is 12.8. The lowest BCUT2D eigenvalue weighted by Gasteiger charge is -2.09. The molecule has 0 aliphatic rings. The van der Waals surface area contributed by atoms with E-state index in [1.807, 2.05) is 47.0 Å². The molecule has 5 heteroatoms. The summed E-state index contributed by atoms with van der Waals surface area (Å²) in [7, 11) is 0. The highest BCUT2D eigenvalue weighted by molar-refractivity contribution is 6.35. The molecular formula is C14H9Cl3N2. The second-order valence-corrected chi connectivity index (χ2v) is 5.14. The largest absolute Gasteiger partial charge is 0.294 e. The molecule has 0 fully saturated rings. The van der Waals surface area contributed by atoms with E-state index in [9.17, 15) is 0 Å². The van der Waals surface area contributed by atoms with Gasteiger partial charge in [0.1, 0.15) is 11.3 Å². The SMILES string of the molecule is ClCc1nc2c(Cl)cccc2n1-c1ccccc1Cl. The third kappa shape index (κ3) is 2.10. The summed E-state index contributed by atoms with van der Waals surface area (Å²) in [6, 6.07) is 13.2. The third-order valence-corrected chi connectivity index (χ3v) is 3.78. The van der Waals surface area contributed by atoms with Gasteiger partial charge in [-0.15, -0.1) is 11.6 Å². The molecule has 0 unspecified atom stereocenters. The van der Waals surface area contributed by atoms with Crippen LogP contribution in [0.25, 0.3) is 16.7 Å². The van der Waals surface area contributed by atoms with Crippen LogP contribution in [0.2, 0.25) is 10.0 Å². The van der Waals surface area contributed by atoms with E-state index in [2.05, 4.69) is 4.98 Å². The van der Waals surface area contributed by atoms with Gasteiger partial charge in [0, 0.05) is 0 Å². The van der Waals surface area contributed by atoms with Crippen LogP contribution in [0, 0.1) is 0 Å². The highest BCUT2D eigenvalue weighted by Gasteiger charge is 2.15. The number of aromatic nitrogens is 2. The molecule has 0 aliphatic carbocycles. The Labute approximate surface area is 125 Å². The molecule has 2 aromatic carbocycles. The molecule has 0 amide bonds. The van der Waals surface area contributed by atoms with Gasteiger partial charge in [0.25, 0.3) is 0 Å². The van der Waals surface area contributed by atoms with Crippen molar-refractivity contribution in [2.45, 2.75) is 5.88 Å². The zero-order valence-corrected chi connectivity index (χ0v) is 12.0. The molecule has 0 spiro atoms. The van der Waals surface area contributed by atoms with E-state index in [1.54, 1.807) is 0 Å². The Bertz CT molecular complexity index is 750. The summed E-state index contributed by atoms with van der Waals surface area (Å²) in [5, 5.41) is 1.25. The van der Waals surface area contributed by atoms with Crippen LogP contribution in [0.15, 0.2) is 42.5 Å². The fraction of sp³-hybridized carbons (Fsp3) is 0.0714. The lowest BCUT2D eigenvalue weighted by atomic mass is 10.2. The van der Waals surface area contributed by atoms with E-state index in [0.717, 1.165) is 22.5 Å². The maximum absolute atomic E-state index is 6.26. The fourth-order valence-electron chi connectivity index (χ4n) is 2.10. The second kappa shape index (κ2) is 5.04. The van der Waals surface area contributed by atoms with E-state index >= 15 is 0 Å². The maximum atomic E-state index is 6.26. The molecule has 3 rings (SSSR count). The minimum atomic E-state index is 0.288. The van der Waals surface area contributed by atoms with Crippen molar-refractivity contribution < 1.29 is 0 Å². The van der Waals surface area contributed by atoms with Gasteiger partial charge in [-0.2, -0.15) is 0 Å².